The summed E-state index contributed by atoms with van der Waals surface area (Å²) in [4.78, 5) is 31.7. The van der Waals surface area contributed by atoms with Crippen LogP contribution in [-0.4, -0.2) is 29.1 Å². The first-order valence-electron chi connectivity index (χ1n) is 9.93. The van der Waals surface area contributed by atoms with Crippen LogP contribution in [0.1, 0.15) is 30.8 Å². The quantitative estimate of drug-likeness (QED) is 0.681. The molecule has 1 unspecified atom stereocenters. The Labute approximate surface area is 174 Å². The number of nitrogens with zero attached hydrogens (tertiary/aromatic N) is 1. The molecule has 0 spiro atoms. The van der Waals surface area contributed by atoms with Crippen LogP contribution in [0.4, 0.5) is 0 Å². The summed E-state index contributed by atoms with van der Waals surface area (Å²) in [5, 5.41) is 2.95. The molecule has 7 nitrogen and oxygen atoms in total. The highest BCUT2D eigenvalue weighted by Gasteiger charge is 2.16. The minimum absolute atomic E-state index is 0.0230. The number of aromatic nitrogens is 2. The van der Waals surface area contributed by atoms with Crippen molar-refractivity contribution in [1.29, 1.82) is 0 Å². The number of aromatic amines is 1. The summed E-state index contributed by atoms with van der Waals surface area (Å²) in [6.45, 7) is 3.13. The molecule has 2 heterocycles. The predicted octanol–water partition coefficient (Wildman–Crippen LogP) is 3.02. The fourth-order valence-electron chi connectivity index (χ4n) is 3.33. The van der Waals surface area contributed by atoms with E-state index < -0.39 is 0 Å². The van der Waals surface area contributed by atoms with Crippen LogP contribution in [0.15, 0.2) is 59.4 Å². The summed E-state index contributed by atoms with van der Waals surface area (Å²) in [6, 6.07) is 16.2. The molecule has 154 valence electrons. The van der Waals surface area contributed by atoms with Crippen LogP contribution in [0, 0.1) is 0 Å². The summed E-state index contributed by atoms with van der Waals surface area (Å²) in [5.74, 6) is 1.50. The average Bonchev–Trinajstić information content (AvgIpc) is 2.98. The van der Waals surface area contributed by atoms with Gasteiger partial charge < -0.3 is 19.8 Å². The molecular formula is C23H23N3O4. The number of fused-ring (bicyclic) bond motifs is 1. The number of amides is 1. The van der Waals surface area contributed by atoms with Crippen LogP contribution in [-0.2, 0) is 11.2 Å². The molecular weight excluding hydrogens is 382 g/mol. The molecule has 2 N–H and O–H groups in total. The fraction of sp³-hybridized carbons (Fsp3) is 0.261. The maximum absolute atomic E-state index is 12.6. The van der Waals surface area contributed by atoms with E-state index in [-0.39, 0.29) is 23.9 Å². The standard InChI is InChI=1S/C23H23N3O4/c1-15(17-8-9-19-20(12-17)30-11-5-10-29-19)24-23(28)14-21-25-18(13-22(27)26-21)16-6-3-2-4-7-16/h2-4,6-9,12-13,15H,5,10-11,14H2,1H3,(H,24,28)(H,25,26,27). The molecule has 7 heteroatoms. The van der Waals surface area contributed by atoms with Crippen LogP contribution in [0.3, 0.4) is 0 Å². The summed E-state index contributed by atoms with van der Waals surface area (Å²) in [7, 11) is 0. The van der Waals surface area contributed by atoms with Crippen molar-refractivity contribution in [2.75, 3.05) is 13.2 Å². The summed E-state index contributed by atoms with van der Waals surface area (Å²) < 4.78 is 11.4. The van der Waals surface area contributed by atoms with E-state index in [1.165, 1.54) is 6.07 Å². The van der Waals surface area contributed by atoms with Crippen molar-refractivity contribution in [3.8, 4) is 22.8 Å². The highest BCUT2D eigenvalue weighted by atomic mass is 16.5. The van der Waals surface area contributed by atoms with Gasteiger partial charge in [0, 0.05) is 18.1 Å². The molecule has 30 heavy (non-hydrogen) atoms. The molecule has 0 fully saturated rings. The van der Waals surface area contributed by atoms with Crippen molar-refractivity contribution in [3.63, 3.8) is 0 Å². The van der Waals surface area contributed by atoms with Crippen LogP contribution in [0.2, 0.25) is 0 Å². The van der Waals surface area contributed by atoms with Gasteiger partial charge in [-0.2, -0.15) is 0 Å². The Hall–Kier alpha value is -3.61. The van der Waals surface area contributed by atoms with Gasteiger partial charge >= 0.3 is 0 Å². The molecule has 1 atom stereocenters. The van der Waals surface area contributed by atoms with E-state index in [1.807, 2.05) is 55.5 Å². The smallest absolute Gasteiger partial charge is 0.251 e. The van der Waals surface area contributed by atoms with Crippen molar-refractivity contribution in [3.05, 3.63) is 76.3 Å². The van der Waals surface area contributed by atoms with E-state index in [1.54, 1.807) is 0 Å². The lowest BCUT2D eigenvalue weighted by Gasteiger charge is -2.16. The maximum atomic E-state index is 12.6. The number of hydrogen-bond acceptors (Lipinski definition) is 5. The van der Waals surface area contributed by atoms with E-state index in [4.69, 9.17) is 9.47 Å². The molecule has 1 aromatic heterocycles. The van der Waals surface area contributed by atoms with Gasteiger partial charge in [0.15, 0.2) is 11.5 Å². The molecule has 1 amide bonds. The van der Waals surface area contributed by atoms with Crippen molar-refractivity contribution < 1.29 is 14.3 Å². The lowest BCUT2D eigenvalue weighted by Crippen LogP contribution is -2.29. The van der Waals surface area contributed by atoms with E-state index in [2.05, 4.69) is 15.3 Å². The van der Waals surface area contributed by atoms with Crippen molar-refractivity contribution in [2.24, 2.45) is 0 Å². The van der Waals surface area contributed by atoms with Crippen LogP contribution < -0.4 is 20.3 Å². The Morgan fingerprint density at radius 1 is 1.10 bits per heavy atom. The third-order valence-corrected chi connectivity index (χ3v) is 4.84. The van der Waals surface area contributed by atoms with Crippen molar-refractivity contribution >= 4 is 5.91 Å². The Morgan fingerprint density at radius 2 is 1.87 bits per heavy atom. The van der Waals surface area contributed by atoms with E-state index in [0.29, 0.717) is 36.2 Å². The number of ether oxygens (including phenoxy) is 2. The van der Waals surface area contributed by atoms with Crippen molar-refractivity contribution in [2.45, 2.75) is 25.8 Å². The second-order valence-corrected chi connectivity index (χ2v) is 7.17. The SMILES string of the molecule is CC(NC(=O)Cc1nc(-c2ccccc2)cc(=O)[nH]1)c1ccc2c(c1)OCCCO2. The first-order valence-corrected chi connectivity index (χ1v) is 9.93. The highest BCUT2D eigenvalue weighted by Crippen LogP contribution is 2.32. The third kappa shape index (κ3) is 4.68. The molecule has 0 saturated carbocycles. The Kier molecular flexibility index (Phi) is 5.79. The Balaban J connectivity index is 1.45. The van der Waals surface area contributed by atoms with Gasteiger partial charge in [0.2, 0.25) is 5.91 Å². The minimum atomic E-state index is -0.289. The zero-order valence-corrected chi connectivity index (χ0v) is 16.7. The molecule has 1 aliphatic heterocycles. The summed E-state index contributed by atoms with van der Waals surface area (Å²) in [6.07, 6.45) is 0.814. The number of rotatable bonds is 5. The fourth-order valence-corrected chi connectivity index (χ4v) is 3.33. The second-order valence-electron chi connectivity index (χ2n) is 7.17. The summed E-state index contributed by atoms with van der Waals surface area (Å²) in [5.41, 5.74) is 1.98. The van der Waals surface area contributed by atoms with E-state index >= 15 is 0 Å². The number of nitrogens with one attached hydrogen (secondary N) is 2. The number of carbonyl (C=O) groups is 1. The first-order chi connectivity index (χ1) is 14.6. The van der Waals surface area contributed by atoms with Gasteiger partial charge in [0.1, 0.15) is 5.82 Å². The topological polar surface area (TPSA) is 93.3 Å². The highest BCUT2D eigenvalue weighted by molar-refractivity contribution is 5.78. The first kappa shape index (κ1) is 19.7. The van der Waals surface area contributed by atoms with Gasteiger partial charge in [0.05, 0.1) is 31.4 Å². The molecule has 4 rings (SSSR count). The molecule has 0 radical (unpaired) electrons. The lowest BCUT2D eigenvalue weighted by molar-refractivity contribution is -0.121. The van der Waals surface area contributed by atoms with Crippen molar-refractivity contribution in [1.82, 2.24) is 15.3 Å². The van der Waals surface area contributed by atoms with Gasteiger partial charge in [0.25, 0.3) is 5.56 Å². The molecule has 2 aromatic carbocycles. The maximum Gasteiger partial charge on any atom is 0.251 e. The molecule has 0 aliphatic carbocycles. The van der Waals surface area contributed by atoms with E-state index in [0.717, 1.165) is 17.5 Å². The van der Waals surface area contributed by atoms with Gasteiger partial charge in [-0.15, -0.1) is 0 Å². The zero-order chi connectivity index (χ0) is 20.9. The van der Waals surface area contributed by atoms with E-state index in [9.17, 15) is 9.59 Å². The summed E-state index contributed by atoms with van der Waals surface area (Å²) >= 11 is 0. The average molecular weight is 405 g/mol. The lowest BCUT2D eigenvalue weighted by atomic mass is 10.1. The number of benzene rings is 2. The Morgan fingerprint density at radius 3 is 2.67 bits per heavy atom. The van der Waals surface area contributed by atoms with Crippen LogP contribution >= 0.6 is 0 Å². The Bertz CT molecular complexity index is 1100. The molecule has 0 saturated heterocycles. The monoisotopic (exact) mass is 405 g/mol. The second kappa shape index (κ2) is 8.82. The number of H-pyrrole nitrogens is 1. The third-order valence-electron chi connectivity index (χ3n) is 4.84. The van der Waals surface area contributed by atoms with Gasteiger partial charge in [-0.05, 0) is 24.6 Å². The van der Waals surface area contributed by atoms with Crippen LogP contribution in [0.25, 0.3) is 11.3 Å². The van der Waals surface area contributed by atoms with Crippen LogP contribution in [0.5, 0.6) is 11.5 Å². The van der Waals surface area contributed by atoms with Gasteiger partial charge in [-0.3, -0.25) is 9.59 Å². The van der Waals surface area contributed by atoms with Gasteiger partial charge in [-0.1, -0.05) is 36.4 Å². The normalized spacial score (nSPS) is 13.9. The zero-order valence-electron chi connectivity index (χ0n) is 16.7. The number of hydrogen-bond donors (Lipinski definition) is 2. The predicted molar refractivity (Wildman–Crippen MR) is 113 cm³/mol. The van der Waals surface area contributed by atoms with Gasteiger partial charge in [-0.25, -0.2) is 4.98 Å². The number of carbonyl (C=O) groups excluding carboxylic acids is 1. The molecule has 0 bridgehead atoms. The largest absolute Gasteiger partial charge is 0.490 e. The molecule has 1 aliphatic rings. The molecule has 3 aromatic rings. The minimum Gasteiger partial charge on any atom is -0.490 e.